The molecule has 2 aromatic rings. The highest BCUT2D eigenvalue weighted by atomic mass is 16.5. The quantitative estimate of drug-likeness (QED) is 0.933. The van der Waals surface area contributed by atoms with Gasteiger partial charge in [-0.15, -0.1) is 0 Å². The van der Waals surface area contributed by atoms with E-state index in [1.54, 1.807) is 7.11 Å². The van der Waals surface area contributed by atoms with Crippen molar-refractivity contribution >= 4 is 5.69 Å². The van der Waals surface area contributed by atoms with Gasteiger partial charge < -0.3 is 14.6 Å². The molecule has 1 aromatic heterocycles. The van der Waals surface area contributed by atoms with Gasteiger partial charge in [-0.2, -0.15) is 4.98 Å². The van der Waals surface area contributed by atoms with E-state index >= 15 is 0 Å². The Kier molecular flexibility index (Phi) is 4.20. The summed E-state index contributed by atoms with van der Waals surface area (Å²) in [5, 5.41) is 7.49. The number of nitrogens with zero attached hydrogens (tertiary/aromatic N) is 2. The lowest BCUT2D eigenvalue weighted by atomic mass is 9.92. The molecule has 1 saturated carbocycles. The lowest BCUT2D eigenvalue weighted by Crippen LogP contribution is -2.29. The number of rotatable bonds is 4. The predicted molar refractivity (Wildman–Crippen MR) is 81.1 cm³/mol. The Morgan fingerprint density at radius 1 is 1.19 bits per heavy atom. The number of aromatic nitrogens is 2. The van der Waals surface area contributed by atoms with Gasteiger partial charge in [0, 0.05) is 18.8 Å². The van der Waals surface area contributed by atoms with Gasteiger partial charge in [-0.05, 0) is 44.7 Å². The molecule has 0 spiro atoms. The van der Waals surface area contributed by atoms with Gasteiger partial charge in [0.2, 0.25) is 0 Å². The lowest BCUT2D eigenvalue weighted by Gasteiger charge is -2.29. The number of methoxy groups -OCH3 is 1. The van der Waals surface area contributed by atoms with Crippen LogP contribution in [-0.2, 0) is 4.74 Å². The lowest BCUT2D eigenvalue weighted by molar-refractivity contribution is 0.0682. The average molecular weight is 287 g/mol. The van der Waals surface area contributed by atoms with E-state index in [2.05, 4.69) is 21.5 Å². The van der Waals surface area contributed by atoms with E-state index in [0.29, 0.717) is 23.9 Å². The highest BCUT2D eigenvalue weighted by molar-refractivity contribution is 5.72. The molecule has 5 nitrogen and oxygen atoms in total. The van der Waals surface area contributed by atoms with Crippen molar-refractivity contribution in [1.29, 1.82) is 0 Å². The van der Waals surface area contributed by atoms with Crippen LogP contribution < -0.4 is 5.32 Å². The van der Waals surface area contributed by atoms with Crippen molar-refractivity contribution in [3.8, 4) is 11.5 Å². The van der Waals surface area contributed by atoms with Gasteiger partial charge in [0.05, 0.1) is 11.7 Å². The van der Waals surface area contributed by atoms with Crippen molar-refractivity contribution in [2.24, 2.45) is 0 Å². The monoisotopic (exact) mass is 287 g/mol. The van der Waals surface area contributed by atoms with Crippen LogP contribution in [0.15, 0.2) is 28.8 Å². The molecule has 1 aromatic carbocycles. The number of hydrogen-bond acceptors (Lipinski definition) is 5. The summed E-state index contributed by atoms with van der Waals surface area (Å²) < 4.78 is 10.7. The first-order chi connectivity index (χ1) is 10.3. The fourth-order valence-electron chi connectivity index (χ4n) is 2.86. The summed E-state index contributed by atoms with van der Waals surface area (Å²) in [4.78, 5) is 4.32. The molecule has 3 rings (SSSR count). The Balaban J connectivity index is 1.74. The first-order valence-corrected chi connectivity index (χ1v) is 7.45. The summed E-state index contributed by atoms with van der Waals surface area (Å²) in [6.45, 7) is 1.83. The minimum Gasteiger partial charge on any atom is -0.382 e. The van der Waals surface area contributed by atoms with Crippen molar-refractivity contribution in [3.05, 3.63) is 30.1 Å². The zero-order chi connectivity index (χ0) is 14.7. The third-order valence-corrected chi connectivity index (χ3v) is 4.05. The number of anilines is 1. The molecule has 1 fully saturated rings. The predicted octanol–water partition coefficient (Wildman–Crippen LogP) is 3.41. The van der Waals surface area contributed by atoms with Gasteiger partial charge in [-0.25, -0.2) is 0 Å². The molecule has 0 aliphatic heterocycles. The summed E-state index contributed by atoms with van der Waals surface area (Å²) in [5.41, 5.74) is 2.02. The van der Waals surface area contributed by atoms with Gasteiger partial charge in [-0.3, -0.25) is 0 Å². The third-order valence-electron chi connectivity index (χ3n) is 4.05. The molecule has 112 valence electrons. The first-order valence-electron chi connectivity index (χ1n) is 7.45. The molecular weight excluding hydrogens is 266 g/mol. The zero-order valence-electron chi connectivity index (χ0n) is 12.5. The van der Waals surface area contributed by atoms with Gasteiger partial charge in [0.1, 0.15) is 0 Å². The molecule has 1 aliphatic carbocycles. The van der Waals surface area contributed by atoms with Crippen LogP contribution in [0.5, 0.6) is 0 Å². The Hall–Kier alpha value is -1.88. The van der Waals surface area contributed by atoms with Crippen LogP contribution in [0.1, 0.15) is 31.5 Å². The van der Waals surface area contributed by atoms with E-state index < -0.39 is 0 Å². The number of hydrogen-bond donors (Lipinski definition) is 1. The van der Waals surface area contributed by atoms with Crippen molar-refractivity contribution < 1.29 is 9.26 Å². The van der Waals surface area contributed by atoms with Crippen LogP contribution in [0.2, 0.25) is 0 Å². The molecule has 21 heavy (non-hydrogen) atoms. The minimum absolute atomic E-state index is 0.414. The molecule has 0 saturated heterocycles. The molecule has 1 N–H and O–H groups in total. The highest BCUT2D eigenvalue weighted by Gasteiger charge is 2.22. The second kappa shape index (κ2) is 6.26. The molecule has 0 unspecified atom stereocenters. The summed E-state index contributed by atoms with van der Waals surface area (Å²) in [7, 11) is 1.80. The van der Waals surface area contributed by atoms with Crippen LogP contribution in [0.25, 0.3) is 11.5 Å². The third kappa shape index (κ3) is 3.24. The van der Waals surface area contributed by atoms with E-state index in [1.165, 1.54) is 0 Å². The molecule has 0 atom stereocenters. The fourth-order valence-corrected chi connectivity index (χ4v) is 2.86. The number of ether oxygens (including phenoxy) is 1. The molecule has 1 aliphatic rings. The average Bonchev–Trinajstić information content (AvgIpc) is 2.95. The Morgan fingerprint density at radius 3 is 2.62 bits per heavy atom. The fraction of sp³-hybridized carbons (Fsp3) is 0.500. The number of aryl methyl sites for hydroxylation is 1. The van der Waals surface area contributed by atoms with Crippen LogP contribution in [-0.4, -0.2) is 29.4 Å². The first kappa shape index (κ1) is 14.1. The van der Waals surface area contributed by atoms with Crippen LogP contribution in [0, 0.1) is 6.92 Å². The molecular formula is C16H21N3O2. The number of nitrogens with one attached hydrogen (secondary N) is 1. The molecule has 1 heterocycles. The van der Waals surface area contributed by atoms with E-state index in [-0.39, 0.29) is 0 Å². The van der Waals surface area contributed by atoms with Gasteiger partial charge in [0.15, 0.2) is 5.82 Å². The smallest absolute Gasteiger partial charge is 0.260 e. The van der Waals surface area contributed by atoms with Crippen LogP contribution >= 0.6 is 0 Å². The summed E-state index contributed by atoms with van der Waals surface area (Å²) in [6, 6.07) is 8.56. The van der Waals surface area contributed by atoms with Gasteiger partial charge in [-0.1, -0.05) is 17.3 Å². The number of para-hydroxylation sites is 1. The topological polar surface area (TPSA) is 60.2 Å². The summed E-state index contributed by atoms with van der Waals surface area (Å²) in [6.07, 6.45) is 4.87. The molecule has 0 radical (unpaired) electrons. The summed E-state index contributed by atoms with van der Waals surface area (Å²) >= 11 is 0. The maximum atomic E-state index is 5.42. The standard InChI is InChI=1S/C16H21N3O2/c1-11-17-16(21-19-11)14-5-3-4-6-15(14)18-12-7-9-13(20-2)10-8-12/h3-6,12-13,18H,7-10H2,1-2H3. The van der Waals surface area contributed by atoms with E-state index in [4.69, 9.17) is 9.26 Å². The Labute approximate surface area is 124 Å². The zero-order valence-corrected chi connectivity index (χ0v) is 12.5. The van der Waals surface area contributed by atoms with Crippen molar-refractivity contribution in [1.82, 2.24) is 10.1 Å². The van der Waals surface area contributed by atoms with Crippen LogP contribution in [0.3, 0.4) is 0 Å². The Bertz CT molecular complexity index is 589. The minimum atomic E-state index is 0.414. The molecule has 0 bridgehead atoms. The van der Waals surface area contributed by atoms with Gasteiger partial charge in [0.25, 0.3) is 5.89 Å². The van der Waals surface area contributed by atoms with E-state index in [0.717, 1.165) is 36.9 Å². The highest BCUT2D eigenvalue weighted by Crippen LogP contribution is 2.30. The second-order valence-electron chi connectivity index (χ2n) is 5.55. The maximum absolute atomic E-state index is 5.42. The van der Waals surface area contributed by atoms with Gasteiger partial charge >= 0.3 is 0 Å². The maximum Gasteiger partial charge on any atom is 0.260 e. The van der Waals surface area contributed by atoms with Crippen LogP contribution in [0.4, 0.5) is 5.69 Å². The summed E-state index contributed by atoms with van der Waals surface area (Å²) in [5.74, 6) is 1.22. The van der Waals surface area contributed by atoms with E-state index in [1.807, 2.05) is 25.1 Å². The van der Waals surface area contributed by atoms with Crippen molar-refractivity contribution in [3.63, 3.8) is 0 Å². The number of benzene rings is 1. The van der Waals surface area contributed by atoms with Crippen molar-refractivity contribution in [2.45, 2.75) is 44.8 Å². The van der Waals surface area contributed by atoms with Crippen molar-refractivity contribution in [2.75, 3.05) is 12.4 Å². The Morgan fingerprint density at radius 2 is 1.95 bits per heavy atom. The normalized spacial score (nSPS) is 22.2. The molecule has 0 amide bonds. The second-order valence-corrected chi connectivity index (χ2v) is 5.55. The SMILES string of the molecule is COC1CCC(Nc2ccccc2-c2nc(C)no2)CC1. The van der Waals surface area contributed by atoms with E-state index in [9.17, 15) is 0 Å². The molecule has 5 heteroatoms. The largest absolute Gasteiger partial charge is 0.382 e.